The van der Waals surface area contributed by atoms with Crippen LogP contribution in [0.5, 0.6) is 0 Å². The minimum absolute atomic E-state index is 0.374. The SMILES string of the molecule is COC(=O)C(O)c1ncc(CN(C)C)s1. The molecule has 0 saturated heterocycles. The Bertz CT molecular complexity index is 338. The zero-order chi connectivity index (χ0) is 11.4. The predicted molar refractivity (Wildman–Crippen MR) is 56.5 cm³/mol. The molecule has 1 aromatic heterocycles. The Balaban J connectivity index is 2.71. The van der Waals surface area contributed by atoms with Crippen molar-refractivity contribution in [3.05, 3.63) is 16.1 Å². The fourth-order valence-corrected chi connectivity index (χ4v) is 2.06. The van der Waals surface area contributed by atoms with Crippen LogP contribution in [0.3, 0.4) is 0 Å². The van der Waals surface area contributed by atoms with Crippen molar-refractivity contribution in [1.29, 1.82) is 0 Å². The number of carbonyl (C=O) groups is 1. The number of aliphatic hydroxyl groups excluding tert-OH is 1. The molecule has 15 heavy (non-hydrogen) atoms. The fourth-order valence-electron chi connectivity index (χ4n) is 1.05. The molecule has 0 aromatic carbocycles. The summed E-state index contributed by atoms with van der Waals surface area (Å²) in [5, 5.41) is 9.87. The highest BCUT2D eigenvalue weighted by atomic mass is 32.1. The highest BCUT2D eigenvalue weighted by Gasteiger charge is 2.21. The van der Waals surface area contributed by atoms with E-state index in [4.69, 9.17) is 0 Å². The number of hydrogen-bond donors (Lipinski definition) is 1. The van der Waals surface area contributed by atoms with Crippen LogP contribution >= 0.6 is 11.3 Å². The monoisotopic (exact) mass is 230 g/mol. The van der Waals surface area contributed by atoms with Crippen LogP contribution in [-0.2, 0) is 16.1 Å². The maximum atomic E-state index is 11.0. The van der Waals surface area contributed by atoms with Crippen molar-refractivity contribution in [2.45, 2.75) is 12.6 Å². The molecule has 1 atom stereocenters. The first-order chi connectivity index (χ1) is 7.04. The molecule has 1 unspecified atom stereocenters. The average molecular weight is 230 g/mol. The van der Waals surface area contributed by atoms with Crippen molar-refractivity contribution in [3.63, 3.8) is 0 Å². The van der Waals surface area contributed by atoms with Gasteiger partial charge in [0.1, 0.15) is 5.01 Å². The molecule has 0 saturated carbocycles. The summed E-state index contributed by atoms with van der Waals surface area (Å²) in [6, 6.07) is 0. The van der Waals surface area contributed by atoms with Gasteiger partial charge in [0, 0.05) is 17.6 Å². The molecule has 0 fully saturated rings. The van der Waals surface area contributed by atoms with Crippen molar-refractivity contribution in [2.24, 2.45) is 0 Å². The number of carbonyl (C=O) groups excluding carboxylic acids is 1. The summed E-state index contributed by atoms with van der Waals surface area (Å²) in [7, 11) is 5.12. The number of ether oxygens (including phenoxy) is 1. The zero-order valence-corrected chi connectivity index (χ0v) is 9.74. The van der Waals surface area contributed by atoms with Crippen LogP contribution in [0.2, 0.25) is 0 Å². The molecule has 1 N–H and O–H groups in total. The van der Waals surface area contributed by atoms with E-state index in [2.05, 4.69) is 9.72 Å². The van der Waals surface area contributed by atoms with Crippen molar-refractivity contribution >= 4 is 17.3 Å². The van der Waals surface area contributed by atoms with Gasteiger partial charge in [0.2, 0.25) is 6.10 Å². The minimum atomic E-state index is -1.27. The maximum Gasteiger partial charge on any atom is 0.341 e. The molecule has 0 bridgehead atoms. The third-order valence-corrected chi connectivity index (χ3v) is 2.74. The lowest BCUT2D eigenvalue weighted by Crippen LogP contribution is -2.12. The van der Waals surface area contributed by atoms with Crippen molar-refractivity contribution in [1.82, 2.24) is 9.88 Å². The molecule has 1 aromatic rings. The second-order valence-corrected chi connectivity index (χ2v) is 4.48. The largest absolute Gasteiger partial charge is 0.467 e. The number of aromatic nitrogens is 1. The number of hydrogen-bond acceptors (Lipinski definition) is 6. The van der Waals surface area contributed by atoms with E-state index >= 15 is 0 Å². The number of rotatable bonds is 4. The molecule has 0 aliphatic heterocycles. The number of thiazole rings is 1. The van der Waals surface area contributed by atoms with Crippen molar-refractivity contribution in [3.8, 4) is 0 Å². The summed E-state index contributed by atoms with van der Waals surface area (Å²) >= 11 is 1.31. The van der Waals surface area contributed by atoms with Crippen LogP contribution in [0.4, 0.5) is 0 Å². The van der Waals surface area contributed by atoms with E-state index in [1.807, 2.05) is 19.0 Å². The van der Waals surface area contributed by atoms with Gasteiger partial charge in [0.25, 0.3) is 0 Å². The summed E-state index contributed by atoms with van der Waals surface area (Å²) in [5.41, 5.74) is 0. The lowest BCUT2D eigenvalue weighted by atomic mass is 10.4. The summed E-state index contributed by atoms with van der Waals surface area (Å²) in [6.07, 6.45) is 0.391. The van der Waals surface area contributed by atoms with Crippen LogP contribution in [-0.4, -0.2) is 42.2 Å². The van der Waals surface area contributed by atoms with E-state index in [1.165, 1.54) is 18.4 Å². The summed E-state index contributed by atoms with van der Waals surface area (Å²) in [5.74, 6) is -0.680. The van der Waals surface area contributed by atoms with E-state index in [9.17, 15) is 9.90 Å². The Morgan fingerprint density at radius 2 is 2.40 bits per heavy atom. The number of esters is 1. The van der Waals surface area contributed by atoms with Gasteiger partial charge in [-0.15, -0.1) is 11.3 Å². The van der Waals surface area contributed by atoms with Gasteiger partial charge in [-0.2, -0.15) is 0 Å². The van der Waals surface area contributed by atoms with Gasteiger partial charge in [-0.05, 0) is 14.1 Å². The second-order valence-electron chi connectivity index (χ2n) is 3.33. The number of aliphatic hydroxyl groups is 1. The summed E-state index contributed by atoms with van der Waals surface area (Å²) < 4.78 is 4.42. The average Bonchev–Trinajstić information content (AvgIpc) is 2.63. The maximum absolute atomic E-state index is 11.0. The van der Waals surface area contributed by atoms with Gasteiger partial charge >= 0.3 is 5.97 Å². The minimum Gasteiger partial charge on any atom is -0.467 e. The lowest BCUT2D eigenvalue weighted by Gasteiger charge is -2.06. The Labute approximate surface area is 92.3 Å². The third kappa shape index (κ3) is 3.26. The molecule has 0 aliphatic carbocycles. The molecule has 6 heteroatoms. The molecular weight excluding hydrogens is 216 g/mol. The van der Waals surface area contributed by atoms with E-state index < -0.39 is 12.1 Å². The molecule has 1 rings (SSSR count). The van der Waals surface area contributed by atoms with E-state index in [0.717, 1.165) is 11.4 Å². The first-order valence-corrected chi connectivity index (χ1v) is 5.21. The van der Waals surface area contributed by atoms with Crippen LogP contribution in [0, 0.1) is 0 Å². The van der Waals surface area contributed by atoms with Crippen LogP contribution in [0.15, 0.2) is 6.20 Å². The first-order valence-electron chi connectivity index (χ1n) is 4.39. The molecule has 84 valence electrons. The highest BCUT2D eigenvalue weighted by molar-refractivity contribution is 7.11. The molecule has 0 radical (unpaired) electrons. The van der Waals surface area contributed by atoms with Gasteiger partial charge in [-0.1, -0.05) is 0 Å². The Hall–Kier alpha value is -0.980. The van der Waals surface area contributed by atoms with Gasteiger partial charge in [-0.25, -0.2) is 9.78 Å². The van der Waals surface area contributed by atoms with Gasteiger partial charge in [0.05, 0.1) is 7.11 Å². The van der Waals surface area contributed by atoms with Crippen molar-refractivity contribution < 1.29 is 14.6 Å². The quantitative estimate of drug-likeness (QED) is 0.759. The molecule has 0 aliphatic rings. The Morgan fingerprint density at radius 1 is 1.73 bits per heavy atom. The molecule has 0 amide bonds. The molecule has 5 nitrogen and oxygen atoms in total. The Kier molecular flexibility index (Phi) is 4.19. The predicted octanol–water partition coefficient (Wildman–Crippen LogP) is 0.411. The third-order valence-electron chi connectivity index (χ3n) is 1.70. The van der Waals surface area contributed by atoms with E-state index in [1.54, 1.807) is 6.20 Å². The van der Waals surface area contributed by atoms with Gasteiger partial charge in [-0.3, -0.25) is 0 Å². The Morgan fingerprint density at radius 3 is 2.93 bits per heavy atom. The van der Waals surface area contributed by atoms with Crippen LogP contribution < -0.4 is 0 Å². The highest BCUT2D eigenvalue weighted by Crippen LogP contribution is 2.21. The zero-order valence-electron chi connectivity index (χ0n) is 8.93. The normalized spacial score (nSPS) is 12.9. The topological polar surface area (TPSA) is 62.7 Å². The molecule has 0 spiro atoms. The smallest absolute Gasteiger partial charge is 0.341 e. The van der Waals surface area contributed by atoms with E-state index in [0.29, 0.717) is 5.01 Å². The van der Waals surface area contributed by atoms with Gasteiger partial charge in [0.15, 0.2) is 0 Å². The second kappa shape index (κ2) is 5.20. The standard InChI is InChI=1S/C9H14N2O3S/c1-11(2)5-6-4-10-8(15-6)7(12)9(13)14-3/h4,7,12H,5H2,1-3H3. The molecule has 1 heterocycles. The van der Waals surface area contributed by atoms with Crippen LogP contribution in [0.1, 0.15) is 16.0 Å². The van der Waals surface area contributed by atoms with Crippen LogP contribution in [0.25, 0.3) is 0 Å². The van der Waals surface area contributed by atoms with Gasteiger partial charge < -0.3 is 14.7 Å². The summed E-state index contributed by atoms with van der Waals surface area (Å²) in [4.78, 5) is 18.0. The number of nitrogens with zero attached hydrogens (tertiary/aromatic N) is 2. The lowest BCUT2D eigenvalue weighted by molar-refractivity contribution is -0.150. The fraction of sp³-hybridized carbons (Fsp3) is 0.556. The van der Waals surface area contributed by atoms with Crippen molar-refractivity contribution in [2.75, 3.05) is 21.2 Å². The number of methoxy groups -OCH3 is 1. The van der Waals surface area contributed by atoms with E-state index in [-0.39, 0.29) is 0 Å². The first kappa shape index (κ1) is 12.1. The molecular formula is C9H14N2O3S. The summed E-state index contributed by atoms with van der Waals surface area (Å²) in [6.45, 7) is 0.742.